The standard InChI is InChI=1S/C12H13ClO2/c1-8(3-6-12(14)15)10-4-5-11(13)9(2)7-10/h4-5,7H,1,3,6H2,2H3,(H,14,15). The average Bonchev–Trinajstić information content (AvgIpc) is 2.18. The largest absolute Gasteiger partial charge is 0.481 e. The van der Waals surface area contributed by atoms with Gasteiger partial charge in [0.05, 0.1) is 0 Å². The molecule has 0 aliphatic heterocycles. The third-order valence-electron chi connectivity index (χ3n) is 2.21. The van der Waals surface area contributed by atoms with Gasteiger partial charge in [-0.15, -0.1) is 0 Å². The van der Waals surface area contributed by atoms with E-state index in [2.05, 4.69) is 6.58 Å². The van der Waals surface area contributed by atoms with Crippen LogP contribution in [0.3, 0.4) is 0 Å². The summed E-state index contributed by atoms with van der Waals surface area (Å²) in [4.78, 5) is 10.4. The van der Waals surface area contributed by atoms with Crippen molar-refractivity contribution in [2.75, 3.05) is 0 Å². The van der Waals surface area contributed by atoms with E-state index >= 15 is 0 Å². The highest BCUT2D eigenvalue weighted by atomic mass is 35.5. The Balaban J connectivity index is 2.74. The van der Waals surface area contributed by atoms with Crippen LogP contribution in [0.4, 0.5) is 0 Å². The summed E-state index contributed by atoms with van der Waals surface area (Å²) in [5.74, 6) is -0.804. The molecule has 1 aromatic carbocycles. The number of hydrogen-bond donors (Lipinski definition) is 1. The Hall–Kier alpha value is -1.28. The van der Waals surface area contributed by atoms with E-state index in [1.807, 2.05) is 19.1 Å². The van der Waals surface area contributed by atoms with Crippen LogP contribution in [-0.4, -0.2) is 11.1 Å². The van der Waals surface area contributed by atoms with E-state index in [0.29, 0.717) is 11.4 Å². The highest BCUT2D eigenvalue weighted by Crippen LogP contribution is 2.23. The van der Waals surface area contributed by atoms with E-state index < -0.39 is 5.97 Å². The molecule has 0 aromatic heterocycles. The van der Waals surface area contributed by atoms with Gasteiger partial charge in [-0.2, -0.15) is 0 Å². The molecule has 0 aliphatic carbocycles. The van der Waals surface area contributed by atoms with Crippen molar-refractivity contribution in [2.24, 2.45) is 0 Å². The van der Waals surface area contributed by atoms with Crippen molar-refractivity contribution in [1.82, 2.24) is 0 Å². The molecule has 0 heterocycles. The normalized spacial score (nSPS) is 10.0. The number of carboxylic acids is 1. The van der Waals surface area contributed by atoms with Gasteiger partial charge in [0.2, 0.25) is 0 Å². The van der Waals surface area contributed by atoms with E-state index in [9.17, 15) is 4.79 Å². The summed E-state index contributed by atoms with van der Waals surface area (Å²) in [5.41, 5.74) is 2.76. The van der Waals surface area contributed by atoms with E-state index in [4.69, 9.17) is 16.7 Å². The van der Waals surface area contributed by atoms with Gasteiger partial charge in [-0.1, -0.05) is 30.3 Å². The molecule has 0 fully saturated rings. The third kappa shape index (κ3) is 3.40. The number of carbonyl (C=O) groups is 1. The molecule has 0 bridgehead atoms. The fourth-order valence-electron chi connectivity index (χ4n) is 1.27. The molecule has 2 nitrogen and oxygen atoms in total. The quantitative estimate of drug-likeness (QED) is 0.850. The van der Waals surface area contributed by atoms with Crippen molar-refractivity contribution in [1.29, 1.82) is 0 Å². The van der Waals surface area contributed by atoms with Crippen LogP contribution in [0.1, 0.15) is 24.0 Å². The predicted molar refractivity (Wildman–Crippen MR) is 62.1 cm³/mol. The second kappa shape index (κ2) is 4.99. The van der Waals surface area contributed by atoms with E-state index in [1.165, 1.54) is 0 Å². The number of aliphatic carboxylic acids is 1. The lowest BCUT2D eigenvalue weighted by atomic mass is 10.0. The third-order valence-corrected chi connectivity index (χ3v) is 2.63. The first kappa shape index (κ1) is 11.8. The van der Waals surface area contributed by atoms with E-state index in [1.54, 1.807) is 6.07 Å². The molecule has 3 heteroatoms. The van der Waals surface area contributed by atoms with Gasteiger partial charge < -0.3 is 5.11 Å². The Morgan fingerprint density at radius 3 is 2.67 bits per heavy atom. The minimum Gasteiger partial charge on any atom is -0.481 e. The summed E-state index contributed by atoms with van der Waals surface area (Å²) in [7, 11) is 0. The van der Waals surface area contributed by atoms with Crippen molar-refractivity contribution in [3.8, 4) is 0 Å². The monoisotopic (exact) mass is 224 g/mol. The zero-order valence-electron chi connectivity index (χ0n) is 8.59. The van der Waals surface area contributed by atoms with Crippen molar-refractivity contribution >= 4 is 23.1 Å². The molecular weight excluding hydrogens is 212 g/mol. The first-order valence-electron chi connectivity index (χ1n) is 4.67. The van der Waals surface area contributed by atoms with Gasteiger partial charge in [-0.05, 0) is 36.1 Å². The minimum absolute atomic E-state index is 0.112. The second-order valence-corrected chi connectivity index (χ2v) is 3.87. The highest BCUT2D eigenvalue weighted by molar-refractivity contribution is 6.31. The van der Waals surface area contributed by atoms with Crippen LogP contribution >= 0.6 is 11.6 Å². The van der Waals surface area contributed by atoms with Crippen molar-refractivity contribution in [3.63, 3.8) is 0 Å². The Kier molecular flexibility index (Phi) is 3.92. The van der Waals surface area contributed by atoms with Crippen LogP contribution in [0.25, 0.3) is 5.57 Å². The van der Waals surface area contributed by atoms with Gasteiger partial charge in [0, 0.05) is 11.4 Å². The molecule has 0 saturated heterocycles. The minimum atomic E-state index is -0.804. The van der Waals surface area contributed by atoms with E-state index in [-0.39, 0.29) is 6.42 Å². The molecule has 0 atom stereocenters. The molecule has 0 aliphatic rings. The topological polar surface area (TPSA) is 37.3 Å². The first-order valence-corrected chi connectivity index (χ1v) is 5.04. The van der Waals surface area contributed by atoms with Gasteiger partial charge in [0.1, 0.15) is 0 Å². The molecule has 0 amide bonds. The number of benzene rings is 1. The van der Waals surface area contributed by atoms with Gasteiger partial charge in [0.25, 0.3) is 0 Å². The van der Waals surface area contributed by atoms with Crippen molar-refractivity contribution in [2.45, 2.75) is 19.8 Å². The highest BCUT2D eigenvalue weighted by Gasteiger charge is 2.04. The maximum absolute atomic E-state index is 10.4. The molecule has 0 radical (unpaired) electrons. The lowest BCUT2D eigenvalue weighted by Crippen LogP contribution is -1.95. The molecule has 0 saturated carbocycles. The maximum atomic E-state index is 10.4. The summed E-state index contributed by atoms with van der Waals surface area (Å²) in [6.07, 6.45) is 0.580. The lowest BCUT2D eigenvalue weighted by Gasteiger charge is -2.06. The molecule has 1 rings (SSSR count). The Morgan fingerprint density at radius 1 is 1.47 bits per heavy atom. The van der Waals surface area contributed by atoms with Crippen LogP contribution in [0.5, 0.6) is 0 Å². The van der Waals surface area contributed by atoms with Crippen molar-refractivity contribution < 1.29 is 9.90 Å². The van der Waals surface area contributed by atoms with Gasteiger partial charge in [0.15, 0.2) is 0 Å². The molecule has 15 heavy (non-hydrogen) atoms. The maximum Gasteiger partial charge on any atom is 0.303 e. The van der Waals surface area contributed by atoms with Crippen LogP contribution < -0.4 is 0 Å². The average molecular weight is 225 g/mol. The summed E-state index contributed by atoms with van der Waals surface area (Å²) < 4.78 is 0. The van der Waals surface area contributed by atoms with Gasteiger partial charge >= 0.3 is 5.97 Å². The number of halogens is 1. The number of hydrogen-bond acceptors (Lipinski definition) is 1. The number of rotatable bonds is 4. The van der Waals surface area contributed by atoms with Crippen LogP contribution in [0.15, 0.2) is 24.8 Å². The Bertz CT molecular complexity index is 397. The number of carboxylic acid groups (broad SMARTS) is 1. The fourth-order valence-corrected chi connectivity index (χ4v) is 1.38. The lowest BCUT2D eigenvalue weighted by molar-refractivity contribution is -0.136. The van der Waals surface area contributed by atoms with Crippen LogP contribution in [0, 0.1) is 6.92 Å². The first-order chi connectivity index (χ1) is 7.00. The van der Waals surface area contributed by atoms with E-state index in [0.717, 1.165) is 16.7 Å². The molecule has 0 unspecified atom stereocenters. The second-order valence-electron chi connectivity index (χ2n) is 3.46. The zero-order chi connectivity index (χ0) is 11.4. The summed E-state index contributed by atoms with van der Waals surface area (Å²) in [6, 6.07) is 5.59. The Morgan fingerprint density at radius 2 is 2.13 bits per heavy atom. The zero-order valence-corrected chi connectivity index (χ0v) is 9.34. The fraction of sp³-hybridized carbons (Fsp3) is 0.250. The summed E-state index contributed by atoms with van der Waals surface area (Å²) >= 11 is 5.89. The summed E-state index contributed by atoms with van der Waals surface area (Å²) in [6.45, 7) is 5.77. The van der Waals surface area contributed by atoms with Gasteiger partial charge in [-0.3, -0.25) is 4.79 Å². The van der Waals surface area contributed by atoms with Crippen LogP contribution in [-0.2, 0) is 4.79 Å². The predicted octanol–water partition coefficient (Wildman–Crippen LogP) is 3.53. The molecule has 80 valence electrons. The van der Waals surface area contributed by atoms with Crippen molar-refractivity contribution in [3.05, 3.63) is 40.9 Å². The summed E-state index contributed by atoms with van der Waals surface area (Å²) in [5, 5.41) is 9.26. The Labute approximate surface area is 94.2 Å². The number of allylic oxidation sites excluding steroid dienone is 1. The van der Waals surface area contributed by atoms with Crippen LogP contribution in [0.2, 0.25) is 5.02 Å². The smallest absolute Gasteiger partial charge is 0.303 e. The molecular formula is C12H13ClO2. The molecule has 0 spiro atoms. The van der Waals surface area contributed by atoms with Gasteiger partial charge in [-0.25, -0.2) is 0 Å². The SMILES string of the molecule is C=C(CCC(=O)O)c1ccc(Cl)c(C)c1. The molecule has 1 N–H and O–H groups in total. The molecule has 1 aromatic rings. The number of aryl methyl sites for hydroxylation is 1.